The lowest BCUT2D eigenvalue weighted by Gasteiger charge is -2.26. The number of anilines is 1. The minimum absolute atomic E-state index is 0.0702. The Bertz CT molecular complexity index is 1170. The second-order valence-electron chi connectivity index (χ2n) is 6.05. The topological polar surface area (TPSA) is 82.8 Å². The van der Waals surface area contributed by atoms with Crippen LogP contribution in [0.4, 0.5) is 10.1 Å². The Morgan fingerprint density at radius 1 is 1.00 bits per heavy atom. The van der Waals surface area contributed by atoms with Crippen molar-refractivity contribution in [1.29, 1.82) is 10.5 Å². The molecule has 0 radical (unpaired) electrons. The molecule has 0 spiro atoms. The van der Waals surface area contributed by atoms with Crippen molar-refractivity contribution in [2.75, 3.05) is 5.73 Å². The zero-order valence-electron chi connectivity index (χ0n) is 13.9. The minimum Gasteiger partial charge on any atom is -0.488 e. The Morgan fingerprint density at radius 2 is 1.67 bits per heavy atom. The molecule has 6 heteroatoms. The Labute approximate surface area is 159 Å². The van der Waals surface area contributed by atoms with Gasteiger partial charge in [0.2, 0.25) is 0 Å². The molecule has 4 rings (SSSR count). The van der Waals surface area contributed by atoms with E-state index >= 15 is 0 Å². The Balaban J connectivity index is 2.15. The molecule has 0 aliphatic carbocycles. The molecule has 0 unspecified atom stereocenters. The van der Waals surface area contributed by atoms with Gasteiger partial charge < -0.3 is 10.5 Å². The third kappa shape index (κ3) is 2.57. The first-order valence-electron chi connectivity index (χ1n) is 8.02. The van der Waals surface area contributed by atoms with Crippen molar-refractivity contribution in [3.63, 3.8) is 0 Å². The maximum Gasteiger partial charge on any atom is 0.127 e. The number of halogens is 2. The van der Waals surface area contributed by atoms with Crippen LogP contribution in [0.1, 0.15) is 16.7 Å². The van der Waals surface area contributed by atoms with E-state index in [0.29, 0.717) is 38.6 Å². The molecular formula is C21H11ClFN3O. The summed E-state index contributed by atoms with van der Waals surface area (Å²) >= 11 is 5.98. The fourth-order valence-electron chi connectivity index (χ4n) is 3.40. The number of benzene rings is 3. The number of nitrogens with zero attached hydrogens (tertiary/aromatic N) is 2. The number of fused-ring (bicyclic) bond motifs is 3. The van der Waals surface area contributed by atoms with Gasteiger partial charge in [-0.1, -0.05) is 23.7 Å². The van der Waals surface area contributed by atoms with Crippen molar-refractivity contribution in [1.82, 2.24) is 0 Å². The molecule has 0 saturated heterocycles. The molecule has 1 heterocycles. The van der Waals surface area contributed by atoms with Gasteiger partial charge in [0.05, 0.1) is 16.8 Å². The molecule has 27 heavy (non-hydrogen) atoms. The van der Waals surface area contributed by atoms with Gasteiger partial charge in [-0.25, -0.2) is 4.39 Å². The van der Waals surface area contributed by atoms with E-state index in [0.717, 1.165) is 0 Å². The molecule has 0 atom stereocenters. The molecule has 0 aromatic heterocycles. The van der Waals surface area contributed by atoms with Crippen LogP contribution in [0, 0.1) is 28.5 Å². The van der Waals surface area contributed by atoms with Crippen LogP contribution in [0.5, 0.6) is 5.75 Å². The summed E-state index contributed by atoms with van der Waals surface area (Å²) in [6.45, 7) is 0.134. The van der Waals surface area contributed by atoms with E-state index in [1.807, 2.05) is 0 Å². The highest BCUT2D eigenvalue weighted by Crippen LogP contribution is 2.47. The van der Waals surface area contributed by atoms with Crippen LogP contribution in [0.3, 0.4) is 0 Å². The zero-order chi connectivity index (χ0) is 19.1. The standard InChI is InChI=1S/C21H11ClFN3O/c22-12-3-1-11(2-4-12)19-15(8-24)21(26)16(9-25)20-14-7-13(23)5-6-18(14)27-10-17(19)20/h1-7H,10,26H2. The molecule has 1 aliphatic heterocycles. The summed E-state index contributed by atoms with van der Waals surface area (Å²) in [7, 11) is 0. The number of hydrogen-bond donors (Lipinski definition) is 1. The Kier molecular flexibility index (Phi) is 3.96. The fraction of sp³-hybridized carbons (Fsp3) is 0.0476. The summed E-state index contributed by atoms with van der Waals surface area (Å²) in [5, 5.41) is 20.0. The van der Waals surface area contributed by atoms with Crippen LogP contribution in [0.25, 0.3) is 22.3 Å². The largest absolute Gasteiger partial charge is 0.488 e. The van der Waals surface area contributed by atoms with Gasteiger partial charge >= 0.3 is 0 Å². The average Bonchev–Trinajstić information content (AvgIpc) is 2.67. The third-order valence-electron chi connectivity index (χ3n) is 4.58. The van der Waals surface area contributed by atoms with Crippen molar-refractivity contribution in [3.8, 4) is 40.1 Å². The second-order valence-corrected chi connectivity index (χ2v) is 6.49. The maximum atomic E-state index is 13.9. The van der Waals surface area contributed by atoms with Crippen molar-refractivity contribution in [2.24, 2.45) is 0 Å². The molecule has 3 aromatic carbocycles. The van der Waals surface area contributed by atoms with Gasteiger partial charge in [-0.05, 0) is 35.9 Å². The summed E-state index contributed by atoms with van der Waals surface area (Å²) in [5.74, 6) is 0.0108. The molecule has 4 nitrogen and oxygen atoms in total. The summed E-state index contributed by atoms with van der Waals surface area (Å²) in [6.07, 6.45) is 0. The van der Waals surface area contributed by atoms with Gasteiger partial charge in [0.15, 0.2) is 0 Å². The van der Waals surface area contributed by atoms with Crippen LogP contribution in [0.15, 0.2) is 42.5 Å². The highest BCUT2D eigenvalue weighted by Gasteiger charge is 2.29. The fourth-order valence-corrected chi connectivity index (χ4v) is 3.53. The number of hydrogen-bond acceptors (Lipinski definition) is 4. The van der Waals surface area contributed by atoms with E-state index in [9.17, 15) is 14.9 Å². The van der Waals surface area contributed by atoms with E-state index in [1.54, 1.807) is 24.3 Å². The van der Waals surface area contributed by atoms with Gasteiger partial charge in [-0.15, -0.1) is 0 Å². The van der Waals surface area contributed by atoms with Crippen molar-refractivity contribution in [3.05, 3.63) is 70.0 Å². The van der Waals surface area contributed by atoms with Gasteiger partial charge in [-0.3, -0.25) is 0 Å². The first-order chi connectivity index (χ1) is 13.0. The molecular weight excluding hydrogens is 365 g/mol. The average molecular weight is 376 g/mol. The van der Waals surface area contributed by atoms with Gasteiger partial charge in [0, 0.05) is 27.3 Å². The van der Waals surface area contributed by atoms with E-state index in [-0.39, 0.29) is 23.4 Å². The monoisotopic (exact) mass is 375 g/mol. The molecule has 0 saturated carbocycles. The lowest BCUT2D eigenvalue weighted by molar-refractivity contribution is 0.302. The summed E-state index contributed by atoms with van der Waals surface area (Å²) in [4.78, 5) is 0. The second kappa shape index (κ2) is 6.32. The number of rotatable bonds is 1. The van der Waals surface area contributed by atoms with Gasteiger partial charge in [0.25, 0.3) is 0 Å². The van der Waals surface area contributed by atoms with Crippen LogP contribution in [-0.2, 0) is 6.61 Å². The van der Waals surface area contributed by atoms with Crippen molar-refractivity contribution >= 4 is 17.3 Å². The van der Waals surface area contributed by atoms with E-state index in [4.69, 9.17) is 22.1 Å². The quantitative estimate of drug-likeness (QED) is 0.604. The number of nitriles is 2. The normalized spacial score (nSPS) is 11.6. The van der Waals surface area contributed by atoms with E-state index in [1.165, 1.54) is 18.2 Å². The molecule has 0 fully saturated rings. The maximum absolute atomic E-state index is 13.9. The minimum atomic E-state index is -0.454. The predicted molar refractivity (Wildman–Crippen MR) is 100 cm³/mol. The SMILES string of the molecule is N#Cc1c(N)c(C#N)c2c(c1-c1ccc(Cl)cc1)COc1ccc(F)cc1-2. The molecule has 1 aliphatic rings. The van der Waals surface area contributed by atoms with Crippen LogP contribution in [0.2, 0.25) is 5.02 Å². The molecule has 130 valence electrons. The van der Waals surface area contributed by atoms with Gasteiger partial charge in [0.1, 0.15) is 30.3 Å². The Hall–Kier alpha value is -3.54. The van der Waals surface area contributed by atoms with Crippen molar-refractivity contribution < 1.29 is 9.13 Å². The molecule has 2 N–H and O–H groups in total. The third-order valence-corrected chi connectivity index (χ3v) is 4.83. The molecule has 0 amide bonds. The highest BCUT2D eigenvalue weighted by atomic mass is 35.5. The van der Waals surface area contributed by atoms with Crippen LogP contribution in [-0.4, -0.2) is 0 Å². The van der Waals surface area contributed by atoms with Gasteiger partial charge in [-0.2, -0.15) is 10.5 Å². The lowest BCUT2D eigenvalue weighted by Crippen LogP contribution is -2.13. The van der Waals surface area contributed by atoms with Crippen LogP contribution < -0.4 is 10.5 Å². The first kappa shape index (κ1) is 16.9. The summed E-state index contributed by atoms with van der Waals surface area (Å²) < 4.78 is 19.7. The lowest BCUT2D eigenvalue weighted by atomic mass is 9.83. The molecule has 0 bridgehead atoms. The number of ether oxygens (including phenoxy) is 1. The van der Waals surface area contributed by atoms with Crippen molar-refractivity contribution in [2.45, 2.75) is 6.61 Å². The highest BCUT2D eigenvalue weighted by molar-refractivity contribution is 6.30. The zero-order valence-corrected chi connectivity index (χ0v) is 14.6. The van der Waals surface area contributed by atoms with Crippen LogP contribution >= 0.6 is 11.6 Å². The molecule has 3 aromatic rings. The summed E-state index contributed by atoms with van der Waals surface area (Å²) in [5.41, 5.74) is 9.44. The van der Waals surface area contributed by atoms with E-state index < -0.39 is 5.82 Å². The smallest absolute Gasteiger partial charge is 0.127 e. The first-order valence-corrected chi connectivity index (χ1v) is 8.40. The summed E-state index contributed by atoms with van der Waals surface area (Å²) in [6, 6.07) is 15.2. The Morgan fingerprint density at radius 3 is 2.33 bits per heavy atom. The number of nitrogens with two attached hydrogens (primary N) is 1. The van der Waals surface area contributed by atoms with E-state index in [2.05, 4.69) is 12.1 Å². The predicted octanol–water partition coefficient (Wildman–Crippen LogP) is 5.03. The number of nitrogen functional groups attached to an aromatic ring is 1.